The van der Waals surface area contributed by atoms with E-state index in [4.69, 9.17) is 10.8 Å². The molecule has 5 N–H and O–H groups in total. The second-order valence-corrected chi connectivity index (χ2v) is 3.69. The summed E-state index contributed by atoms with van der Waals surface area (Å²) in [5.41, 5.74) is 6.29. The average Bonchev–Trinajstić information content (AvgIpc) is 2.21. The minimum Gasteiger partial charge on any atom is -0.506 e. The number of amides is 1. The lowest BCUT2D eigenvalue weighted by atomic mass is 10.0. The van der Waals surface area contributed by atoms with Crippen LogP contribution >= 0.6 is 0 Å². The highest BCUT2D eigenvalue weighted by Crippen LogP contribution is 2.21. The van der Waals surface area contributed by atoms with Gasteiger partial charge < -0.3 is 21.3 Å². The number of phenolic OH excluding ortho intramolecular Hbond substituents is 1. The van der Waals surface area contributed by atoms with Gasteiger partial charge in [0.25, 0.3) is 0 Å². The van der Waals surface area contributed by atoms with Crippen molar-refractivity contribution < 1.29 is 19.8 Å². The SMILES string of the molecule is CC(=O)NC(Cc1ccc(O)c(N)c1)C(=O)O. The Morgan fingerprint density at radius 3 is 2.59 bits per heavy atom. The monoisotopic (exact) mass is 238 g/mol. The van der Waals surface area contributed by atoms with Crippen LogP contribution in [0.15, 0.2) is 18.2 Å². The van der Waals surface area contributed by atoms with Crippen molar-refractivity contribution in [2.45, 2.75) is 19.4 Å². The number of phenols is 1. The van der Waals surface area contributed by atoms with Crippen LogP contribution in [0.4, 0.5) is 5.69 Å². The van der Waals surface area contributed by atoms with E-state index in [2.05, 4.69) is 5.32 Å². The lowest BCUT2D eigenvalue weighted by Gasteiger charge is -2.13. The molecule has 0 spiro atoms. The Balaban J connectivity index is 2.82. The number of nitrogens with one attached hydrogen (secondary N) is 1. The molecule has 0 aliphatic heterocycles. The summed E-state index contributed by atoms with van der Waals surface area (Å²) in [7, 11) is 0. The maximum atomic E-state index is 10.9. The third-order valence-electron chi connectivity index (χ3n) is 2.21. The first-order chi connectivity index (χ1) is 7.90. The Labute approximate surface area is 98.1 Å². The molecule has 0 saturated heterocycles. The van der Waals surface area contributed by atoms with Gasteiger partial charge in [-0.2, -0.15) is 0 Å². The van der Waals surface area contributed by atoms with Crippen LogP contribution in [-0.2, 0) is 16.0 Å². The molecule has 92 valence electrons. The molecule has 1 unspecified atom stereocenters. The van der Waals surface area contributed by atoms with Crippen molar-refractivity contribution in [3.63, 3.8) is 0 Å². The third-order valence-corrected chi connectivity index (χ3v) is 2.21. The zero-order valence-electron chi connectivity index (χ0n) is 9.30. The standard InChI is InChI=1S/C11H14N2O4/c1-6(14)13-9(11(16)17)5-7-2-3-10(15)8(12)4-7/h2-4,9,15H,5,12H2,1H3,(H,13,14)(H,16,17). The molecule has 1 atom stereocenters. The summed E-state index contributed by atoms with van der Waals surface area (Å²) in [6.45, 7) is 1.25. The summed E-state index contributed by atoms with van der Waals surface area (Å²) < 4.78 is 0. The molecule has 1 aromatic carbocycles. The predicted octanol–water partition coefficient (Wildman–Crippen LogP) is 0.106. The number of benzene rings is 1. The van der Waals surface area contributed by atoms with Gasteiger partial charge in [-0.1, -0.05) is 6.07 Å². The fraction of sp³-hybridized carbons (Fsp3) is 0.273. The lowest BCUT2D eigenvalue weighted by Crippen LogP contribution is -2.41. The van der Waals surface area contributed by atoms with Gasteiger partial charge in [0.2, 0.25) is 5.91 Å². The van der Waals surface area contributed by atoms with Crippen molar-refractivity contribution in [1.82, 2.24) is 5.32 Å². The van der Waals surface area contributed by atoms with E-state index in [1.165, 1.54) is 19.1 Å². The van der Waals surface area contributed by atoms with Gasteiger partial charge in [0.15, 0.2) is 0 Å². The van der Waals surface area contributed by atoms with Crippen molar-refractivity contribution in [3.8, 4) is 5.75 Å². The maximum absolute atomic E-state index is 10.9. The van der Waals surface area contributed by atoms with E-state index in [0.717, 1.165) is 0 Å². The number of rotatable bonds is 4. The predicted molar refractivity (Wildman–Crippen MR) is 61.5 cm³/mol. The Morgan fingerprint density at radius 1 is 1.47 bits per heavy atom. The maximum Gasteiger partial charge on any atom is 0.326 e. The van der Waals surface area contributed by atoms with Crippen molar-refractivity contribution in [2.24, 2.45) is 0 Å². The third kappa shape index (κ3) is 3.67. The Bertz CT molecular complexity index is 445. The van der Waals surface area contributed by atoms with Crippen molar-refractivity contribution in [2.75, 3.05) is 5.73 Å². The van der Waals surface area contributed by atoms with Gasteiger partial charge in [-0.25, -0.2) is 4.79 Å². The molecule has 0 aliphatic carbocycles. The van der Waals surface area contributed by atoms with Gasteiger partial charge in [-0.3, -0.25) is 4.79 Å². The van der Waals surface area contributed by atoms with E-state index in [1.807, 2.05) is 0 Å². The first-order valence-corrected chi connectivity index (χ1v) is 4.97. The van der Waals surface area contributed by atoms with Crippen LogP contribution in [0.5, 0.6) is 5.75 Å². The molecule has 6 nitrogen and oxygen atoms in total. The number of hydrogen-bond donors (Lipinski definition) is 4. The van der Waals surface area contributed by atoms with Crippen LogP contribution in [-0.4, -0.2) is 28.1 Å². The second kappa shape index (κ2) is 5.20. The summed E-state index contributed by atoms with van der Waals surface area (Å²) in [4.78, 5) is 21.7. The number of carboxylic acids is 1. The number of aliphatic carboxylic acids is 1. The fourth-order valence-electron chi connectivity index (χ4n) is 1.41. The van der Waals surface area contributed by atoms with E-state index >= 15 is 0 Å². The summed E-state index contributed by atoms with van der Waals surface area (Å²) in [5.74, 6) is -1.59. The lowest BCUT2D eigenvalue weighted by molar-refractivity contribution is -0.141. The average molecular weight is 238 g/mol. The number of carbonyl (C=O) groups is 2. The molecular formula is C11H14N2O4. The Hall–Kier alpha value is -2.24. The van der Waals surface area contributed by atoms with Gasteiger partial charge in [0.05, 0.1) is 5.69 Å². The topological polar surface area (TPSA) is 113 Å². The van der Waals surface area contributed by atoms with Crippen LogP contribution < -0.4 is 11.1 Å². The van der Waals surface area contributed by atoms with Crippen LogP contribution in [0, 0.1) is 0 Å². The molecule has 1 rings (SSSR count). The van der Waals surface area contributed by atoms with E-state index in [9.17, 15) is 14.7 Å². The molecule has 0 fully saturated rings. The van der Waals surface area contributed by atoms with Gasteiger partial charge in [-0.15, -0.1) is 0 Å². The van der Waals surface area contributed by atoms with Gasteiger partial charge in [-0.05, 0) is 17.7 Å². The first kappa shape index (κ1) is 12.8. The zero-order chi connectivity index (χ0) is 13.0. The number of aromatic hydroxyl groups is 1. The minimum atomic E-state index is -1.12. The summed E-state index contributed by atoms with van der Waals surface area (Å²) in [6.07, 6.45) is 0.111. The Morgan fingerprint density at radius 2 is 2.12 bits per heavy atom. The van der Waals surface area contributed by atoms with Gasteiger partial charge >= 0.3 is 5.97 Å². The van der Waals surface area contributed by atoms with Gasteiger partial charge in [0, 0.05) is 13.3 Å². The van der Waals surface area contributed by atoms with Crippen LogP contribution in [0.2, 0.25) is 0 Å². The Kier molecular flexibility index (Phi) is 3.92. The number of nitrogens with two attached hydrogens (primary N) is 1. The van der Waals surface area contributed by atoms with Crippen molar-refractivity contribution >= 4 is 17.6 Å². The van der Waals surface area contributed by atoms with Crippen LogP contribution in [0.25, 0.3) is 0 Å². The quantitative estimate of drug-likeness (QED) is 0.439. The molecule has 1 amide bonds. The summed E-state index contributed by atoms with van der Waals surface area (Å²) in [5, 5.41) is 20.5. The van der Waals surface area contributed by atoms with E-state index in [-0.39, 0.29) is 17.9 Å². The highest BCUT2D eigenvalue weighted by atomic mass is 16.4. The number of nitrogen functional groups attached to an aromatic ring is 1. The van der Waals surface area contributed by atoms with Crippen LogP contribution in [0.3, 0.4) is 0 Å². The molecule has 0 radical (unpaired) electrons. The largest absolute Gasteiger partial charge is 0.506 e. The second-order valence-electron chi connectivity index (χ2n) is 3.69. The highest BCUT2D eigenvalue weighted by Gasteiger charge is 2.18. The molecule has 0 heterocycles. The van der Waals surface area contributed by atoms with Crippen molar-refractivity contribution in [3.05, 3.63) is 23.8 Å². The molecule has 1 aromatic rings. The first-order valence-electron chi connectivity index (χ1n) is 4.97. The molecule has 6 heteroatoms. The van der Waals surface area contributed by atoms with Crippen molar-refractivity contribution in [1.29, 1.82) is 0 Å². The molecule has 0 aliphatic rings. The molecule has 0 saturated carbocycles. The molecule has 0 bridgehead atoms. The smallest absolute Gasteiger partial charge is 0.326 e. The van der Waals surface area contributed by atoms with Crippen LogP contribution in [0.1, 0.15) is 12.5 Å². The molecular weight excluding hydrogens is 224 g/mol. The van der Waals surface area contributed by atoms with E-state index in [1.54, 1.807) is 6.07 Å². The van der Waals surface area contributed by atoms with Gasteiger partial charge in [0.1, 0.15) is 11.8 Å². The van der Waals surface area contributed by atoms with E-state index < -0.39 is 17.9 Å². The molecule has 17 heavy (non-hydrogen) atoms. The summed E-state index contributed by atoms with van der Waals surface area (Å²) in [6, 6.07) is 3.42. The number of anilines is 1. The number of hydrogen-bond acceptors (Lipinski definition) is 4. The normalized spacial score (nSPS) is 11.8. The zero-order valence-corrected chi connectivity index (χ0v) is 9.30. The highest BCUT2D eigenvalue weighted by molar-refractivity contribution is 5.82. The number of carbonyl (C=O) groups excluding carboxylic acids is 1. The number of carboxylic acid groups (broad SMARTS) is 1. The van der Waals surface area contributed by atoms with E-state index in [0.29, 0.717) is 5.56 Å². The minimum absolute atomic E-state index is 0.0554. The summed E-state index contributed by atoms with van der Waals surface area (Å²) >= 11 is 0. The molecule has 0 aromatic heterocycles. The fourth-order valence-corrected chi connectivity index (χ4v) is 1.41.